The lowest BCUT2D eigenvalue weighted by Crippen LogP contribution is -2.40. The number of fused-ring (bicyclic) bond motifs is 1. The molecule has 4 rings (SSSR count). The van der Waals surface area contributed by atoms with Crippen molar-refractivity contribution in [3.8, 4) is 0 Å². The Labute approximate surface area is 186 Å². The molecule has 0 N–H and O–H groups in total. The minimum Gasteiger partial charge on any atom is -0.379 e. The largest absolute Gasteiger partial charge is 0.379 e. The maximum Gasteiger partial charge on any atom is 0.258 e. The van der Waals surface area contributed by atoms with Crippen LogP contribution in [0.3, 0.4) is 0 Å². The molecule has 2 aliphatic rings. The van der Waals surface area contributed by atoms with Gasteiger partial charge in [0.25, 0.3) is 5.91 Å². The van der Waals surface area contributed by atoms with Crippen LogP contribution in [0, 0.1) is 0 Å². The van der Waals surface area contributed by atoms with Gasteiger partial charge in [0.05, 0.1) is 23.9 Å². The number of carbonyl (C=O) groups excluding carboxylic acids is 1. The number of thioether (sulfide) groups is 1. The molecule has 1 saturated heterocycles. The van der Waals surface area contributed by atoms with Crippen molar-refractivity contribution in [2.24, 2.45) is 0 Å². The van der Waals surface area contributed by atoms with E-state index in [-0.39, 0.29) is 28.9 Å². The number of hydrogen-bond donors (Lipinski definition) is 0. The summed E-state index contributed by atoms with van der Waals surface area (Å²) in [6, 6.07) is 12.3. The average molecular weight is 467 g/mol. The van der Waals surface area contributed by atoms with Gasteiger partial charge in [-0.25, -0.2) is 8.42 Å². The standard InChI is InChI=1S/C21H23ClN2O4S2/c1-15-8-9-24(18-4-2-3-5-19(18)29-15)21(25)16-6-7-17(22)20(14-16)30(26,27)23-10-12-28-13-11-23/h2-7,14-15H,8-13H2,1H3. The summed E-state index contributed by atoms with van der Waals surface area (Å²) in [6.45, 7) is 3.94. The summed E-state index contributed by atoms with van der Waals surface area (Å²) in [5.41, 5.74) is 1.16. The van der Waals surface area contributed by atoms with Gasteiger partial charge in [-0.1, -0.05) is 30.7 Å². The Morgan fingerprint density at radius 1 is 1.13 bits per heavy atom. The van der Waals surface area contributed by atoms with Crippen LogP contribution in [0.5, 0.6) is 0 Å². The molecule has 2 aromatic rings. The molecule has 2 heterocycles. The number of nitrogens with zero attached hydrogens (tertiary/aromatic N) is 2. The zero-order valence-electron chi connectivity index (χ0n) is 16.6. The number of morpholine rings is 1. The molecule has 160 valence electrons. The molecular formula is C21H23ClN2O4S2. The Balaban J connectivity index is 1.70. The van der Waals surface area contributed by atoms with Crippen LogP contribution in [0.25, 0.3) is 0 Å². The molecule has 9 heteroatoms. The first-order chi connectivity index (χ1) is 14.4. The Morgan fingerprint density at radius 3 is 2.63 bits per heavy atom. The van der Waals surface area contributed by atoms with Gasteiger partial charge < -0.3 is 9.64 Å². The van der Waals surface area contributed by atoms with Crippen LogP contribution in [0.15, 0.2) is 52.3 Å². The maximum atomic E-state index is 13.4. The Hall–Kier alpha value is -1.58. The second-order valence-corrected chi connectivity index (χ2v) is 11.1. The SMILES string of the molecule is CC1CCN(C(=O)c2ccc(Cl)c(S(=O)(=O)N3CCOCC3)c2)c2ccccc2S1. The first kappa shape index (κ1) is 21.6. The number of amides is 1. The predicted molar refractivity (Wildman–Crippen MR) is 119 cm³/mol. The summed E-state index contributed by atoms with van der Waals surface area (Å²) in [5, 5.41) is 0.491. The minimum atomic E-state index is -3.81. The van der Waals surface area contributed by atoms with Crippen molar-refractivity contribution < 1.29 is 17.9 Å². The van der Waals surface area contributed by atoms with Gasteiger partial charge in [0, 0.05) is 35.3 Å². The lowest BCUT2D eigenvalue weighted by Gasteiger charge is -2.27. The third-order valence-corrected chi connectivity index (χ3v) is 8.87. The summed E-state index contributed by atoms with van der Waals surface area (Å²) in [7, 11) is -3.81. The molecule has 0 aromatic heterocycles. The smallest absolute Gasteiger partial charge is 0.258 e. The molecule has 0 bridgehead atoms. The highest BCUT2D eigenvalue weighted by atomic mass is 35.5. The number of anilines is 1. The van der Waals surface area contributed by atoms with Gasteiger partial charge in [0.1, 0.15) is 4.90 Å². The Kier molecular flexibility index (Phi) is 6.41. The highest BCUT2D eigenvalue weighted by Gasteiger charge is 2.31. The number of carbonyl (C=O) groups is 1. The van der Waals surface area contributed by atoms with Crippen LogP contribution in [0.2, 0.25) is 5.02 Å². The van der Waals surface area contributed by atoms with E-state index in [4.69, 9.17) is 16.3 Å². The van der Waals surface area contributed by atoms with Crippen LogP contribution < -0.4 is 4.90 Å². The second kappa shape index (κ2) is 8.88. The van der Waals surface area contributed by atoms with E-state index in [2.05, 4.69) is 6.92 Å². The van der Waals surface area contributed by atoms with Gasteiger partial charge >= 0.3 is 0 Å². The Bertz CT molecular complexity index is 1050. The summed E-state index contributed by atoms with van der Waals surface area (Å²) in [4.78, 5) is 16.2. The summed E-state index contributed by atoms with van der Waals surface area (Å²) in [5.74, 6) is -0.229. The molecule has 2 aromatic carbocycles. The number of hydrogen-bond acceptors (Lipinski definition) is 5. The first-order valence-corrected chi connectivity index (χ1v) is 12.5. The van der Waals surface area contributed by atoms with Crippen molar-refractivity contribution in [1.82, 2.24) is 4.31 Å². The van der Waals surface area contributed by atoms with Crippen molar-refractivity contribution in [3.05, 3.63) is 53.1 Å². The highest BCUT2D eigenvalue weighted by molar-refractivity contribution is 8.00. The molecule has 1 amide bonds. The zero-order valence-corrected chi connectivity index (χ0v) is 19.0. The number of para-hydroxylation sites is 1. The quantitative estimate of drug-likeness (QED) is 0.686. The van der Waals surface area contributed by atoms with Gasteiger partial charge in [-0.3, -0.25) is 4.79 Å². The number of ether oxygens (including phenoxy) is 1. The molecule has 0 radical (unpaired) electrons. The fraction of sp³-hybridized carbons (Fsp3) is 0.381. The van der Waals surface area contributed by atoms with E-state index >= 15 is 0 Å². The van der Waals surface area contributed by atoms with Crippen molar-refractivity contribution in [2.75, 3.05) is 37.7 Å². The topological polar surface area (TPSA) is 66.9 Å². The molecule has 1 unspecified atom stereocenters. The first-order valence-electron chi connectivity index (χ1n) is 9.83. The van der Waals surface area contributed by atoms with Gasteiger partial charge in [-0.15, -0.1) is 11.8 Å². The van der Waals surface area contributed by atoms with E-state index in [1.165, 1.54) is 16.4 Å². The molecule has 6 nitrogen and oxygen atoms in total. The minimum absolute atomic E-state index is 0.0391. The van der Waals surface area contributed by atoms with E-state index in [1.807, 2.05) is 24.3 Å². The van der Waals surface area contributed by atoms with Crippen LogP contribution in [0.4, 0.5) is 5.69 Å². The normalized spacial score (nSPS) is 20.5. The van der Waals surface area contributed by atoms with Crippen LogP contribution in [-0.4, -0.2) is 56.7 Å². The fourth-order valence-electron chi connectivity index (χ4n) is 3.61. The van der Waals surface area contributed by atoms with Crippen molar-refractivity contribution in [3.63, 3.8) is 0 Å². The van der Waals surface area contributed by atoms with Crippen molar-refractivity contribution in [1.29, 1.82) is 0 Å². The third kappa shape index (κ3) is 4.24. The van der Waals surface area contributed by atoms with E-state index < -0.39 is 10.0 Å². The van der Waals surface area contributed by atoms with E-state index in [0.29, 0.717) is 30.6 Å². The van der Waals surface area contributed by atoms with Crippen LogP contribution in [-0.2, 0) is 14.8 Å². The van der Waals surface area contributed by atoms with Crippen molar-refractivity contribution in [2.45, 2.75) is 28.4 Å². The lowest BCUT2D eigenvalue weighted by molar-refractivity contribution is 0.0730. The molecule has 1 fully saturated rings. The van der Waals surface area contributed by atoms with E-state index in [9.17, 15) is 13.2 Å². The fourth-order valence-corrected chi connectivity index (χ4v) is 6.63. The molecular weight excluding hydrogens is 444 g/mol. The van der Waals surface area contributed by atoms with Crippen molar-refractivity contribution >= 4 is 45.0 Å². The summed E-state index contributed by atoms with van der Waals surface area (Å²) >= 11 is 8.00. The molecule has 0 aliphatic carbocycles. The molecule has 1 atom stereocenters. The lowest BCUT2D eigenvalue weighted by atomic mass is 10.1. The molecule has 30 heavy (non-hydrogen) atoms. The second-order valence-electron chi connectivity index (χ2n) is 7.30. The van der Waals surface area contributed by atoms with E-state index in [1.54, 1.807) is 22.7 Å². The Morgan fingerprint density at radius 2 is 1.87 bits per heavy atom. The predicted octanol–water partition coefficient (Wildman–Crippen LogP) is 3.89. The van der Waals surface area contributed by atoms with Crippen LogP contribution >= 0.6 is 23.4 Å². The number of benzene rings is 2. The third-order valence-electron chi connectivity index (χ3n) is 5.25. The van der Waals surface area contributed by atoms with E-state index in [0.717, 1.165) is 17.0 Å². The number of sulfonamides is 1. The van der Waals surface area contributed by atoms with Gasteiger partial charge in [-0.05, 0) is 36.8 Å². The molecule has 2 aliphatic heterocycles. The average Bonchev–Trinajstić information content (AvgIpc) is 2.92. The van der Waals surface area contributed by atoms with Gasteiger partial charge in [0.2, 0.25) is 10.0 Å². The molecule has 0 saturated carbocycles. The summed E-state index contributed by atoms with van der Waals surface area (Å²) in [6.07, 6.45) is 0.845. The zero-order chi connectivity index (χ0) is 21.3. The highest BCUT2D eigenvalue weighted by Crippen LogP contribution is 2.38. The monoisotopic (exact) mass is 466 g/mol. The van der Waals surface area contributed by atoms with Gasteiger partial charge in [0.15, 0.2) is 0 Å². The molecule has 0 spiro atoms. The maximum absolute atomic E-state index is 13.4. The number of halogens is 1. The summed E-state index contributed by atoms with van der Waals surface area (Å²) < 4.78 is 32.8. The number of rotatable bonds is 3. The van der Waals surface area contributed by atoms with Crippen LogP contribution in [0.1, 0.15) is 23.7 Å². The van der Waals surface area contributed by atoms with Gasteiger partial charge in [-0.2, -0.15) is 4.31 Å².